The zero-order valence-corrected chi connectivity index (χ0v) is 8.30. The van der Waals surface area contributed by atoms with Crippen LogP contribution < -0.4 is 5.73 Å². The number of halogens is 3. The Morgan fingerprint density at radius 2 is 2.00 bits per heavy atom. The molecule has 1 aromatic rings. The molecule has 0 aliphatic heterocycles. The molecule has 0 saturated heterocycles. The van der Waals surface area contributed by atoms with Gasteiger partial charge in [0, 0.05) is 11.8 Å². The first kappa shape index (κ1) is 11.7. The Morgan fingerprint density at radius 3 is 2.53 bits per heavy atom. The van der Waals surface area contributed by atoms with E-state index in [0.29, 0.717) is 12.1 Å². The maximum atomic E-state index is 12.1. The molecule has 0 bridgehead atoms. The van der Waals surface area contributed by atoms with Gasteiger partial charge in [-0.2, -0.15) is 13.2 Å². The molecular weight excluding hydrogens is 207 g/mol. The molecule has 6 heteroatoms. The molecule has 0 amide bonds. The number of nitrogens with two attached hydrogens (primary N) is 1. The topological polar surface area (TPSA) is 51.8 Å². The predicted molar refractivity (Wildman–Crippen MR) is 50.2 cm³/mol. The van der Waals surface area contributed by atoms with Gasteiger partial charge in [-0.1, -0.05) is 13.3 Å². The summed E-state index contributed by atoms with van der Waals surface area (Å²) in [5, 5.41) is 0. The van der Waals surface area contributed by atoms with Gasteiger partial charge in [0.15, 0.2) is 0 Å². The number of aryl methyl sites for hydroxylation is 1. The number of rotatable bonds is 3. The van der Waals surface area contributed by atoms with Crippen molar-refractivity contribution in [3.63, 3.8) is 0 Å². The van der Waals surface area contributed by atoms with Crippen molar-refractivity contribution < 1.29 is 13.2 Å². The average molecular weight is 219 g/mol. The van der Waals surface area contributed by atoms with Crippen LogP contribution in [0.15, 0.2) is 6.07 Å². The Balaban J connectivity index is 2.88. The molecule has 84 valence electrons. The van der Waals surface area contributed by atoms with Crippen LogP contribution in [0.2, 0.25) is 0 Å². The van der Waals surface area contributed by atoms with E-state index in [1.807, 2.05) is 6.92 Å². The minimum atomic E-state index is -4.29. The van der Waals surface area contributed by atoms with Crippen LogP contribution in [0.4, 0.5) is 19.0 Å². The summed E-state index contributed by atoms with van der Waals surface area (Å²) in [6.07, 6.45) is -4.01. The lowest BCUT2D eigenvalue weighted by Gasteiger charge is -2.07. The fraction of sp³-hybridized carbons (Fsp3) is 0.556. The summed E-state index contributed by atoms with van der Waals surface area (Å²) in [7, 11) is 0. The summed E-state index contributed by atoms with van der Waals surface area (Å²) >= 11 is 0. The van der Waals surface area contributed by atoms with E-state index in [-0.39, 0.29) is 11.6 Å². The van der Waals surface area contributed by atoms with Crippen LogP contribution in [0.1, 0.15) is 24.9 Å². The first-order valence-electron chi connectivity index (χ1n) is 4.60. The van der Waals surface area contributed by atoms with Gasteiger partial charge in [0.05, 0.1) is 0 Å². The van der Waals surface area contributed by atoms with Gasteiger partial charge in [0.25, 0.3) is 0 Å². The Hall–Kier alpha value is -1.33. The van der Waals surface area contributed by atoms with E-state index >= 15 is 0 Å². The number of anilines is 1. The average Bonchev–Trinajstić information content (AvgIpc) is 1.99. The summed E-state index contributed by atoms with van der Waals surface area (Å²) in [4.78, 5) is 7.35. The van der Waals surface area contributed by atoms with Gasteiger partial charge in [-0.3, -0.25) is 0 Å². The fourth-order valence-electron chi connectivity index (χ4n) is 1.22. The highest BCUT2D eigenvalue weighted by Crippen LogP contribution is 2.20. The minimum Gasteiger partial charge on any atom is -0.384 e. The molecule has 1 aromatic heterocycles. The van der Waals surface area contributed by atoms with Gasteiger partial charge >= 0.3 is 6.18 Å². The van der Waals surface area contributed by atoms with E-state index in [9.17, 15) is 13.2 Å². The molecule has 0 atom stereocenters. The molecule has 0 saturated carbocycles. The molecule has 15 heavy (non-hydrogen) atoms. The lowest BCUT2D eigenvalue weighted by Crippen LogP contribution is -2.15. The fourth-order valence-corrected chi connectivity index (χ4v) is 1.22. The van der Waals surface area contributed by atoms with Crippen molar-refractivity contribution in [2.75, 3.05) is 5.73 Å². The van der Waals surface area contributed by atoms with Crippen molar-refractivity contribution in [1.82, 2.24) is 9.97 Å². The maximum absolute atomic E-state index is 12.1. The molecule has 0 unspecified atom stereocenters. The van der Waals surface area contributed by atoms with Crippen molar-refractivity contribution in [3.8, 4) is 0 Å². The van der Waals surface area contributed by atoms with E-state index in [1.54, 1.807) is 0 Å². The van der Waals surface area contributed by atoms with Crippen molar-refractivity contribution in [1.29, 1.82) is 0 Å². The van der Waals surface area contributed by atoms with Crippen molar-refractivity contribution in [2.24, 2.45) is 0 Å². The van der Waals surface area contributed by atoms with E-state index in [1.165, 1.54) is 6.07 Å². The van der Waals surface area contributed by atoms with Gasteiger partial charge in [0.1, 0.15) is 18.1 Å². The largest absolute Gasteiger partial charge is 0.396 e. The molecular formula is C9H12F3N3. The smallest absolute Gasteiger partial charge is 0.384 e. The van der Waals surface area contributed by atoms with Crippen LogP contribution >= 0.6 is 0 Å². The van der Waals surface area contributed by atoms with Gasteiger partial charge in [-0.05, 0) is 6.42 Å². The standard InChI is InChI=1S/C9H12F3N3/c1-2-3-6-4-7(13)15-8(14-6)5-9(10,11)12/h4H,2-3,5H2,1H3,(H2,13,14,15). The number of nitrogens with zero attached hydrogens (tertiary/aromatic N) is 2. The highest BCUT2D eigenvalue weighted by molar-refractivity contribution is 5.30. The Bertz CT molecular complexity index is 336. The normalized spacial score (nSPS) is 11.7. The maximum Gasteiger partial charge on any atom is 0.396 e. The van der Waals surface area contributed by atoms with E-state index in [0.717, 1.165) is 6.42 Å². The van der Waals surface area contributed by atoms with Crippen molar-refractivity contribution in [3.05, 3.63) is 17.6 Å². The zero-order valence-electron chi connectivity index (χ0n) is 8.30. The number of alkyl halides is 3. The Morgan fingerprint density at radius 1 is 1.33 bits per heavy atom. The molecule has 1 heterocycles. The molecule has 0 spiro atoms. The predicted octanol–water partition coefficient (Wildman–Crippen LogP) is 2.12. The molecule has 0 aliphatic carbocycles. The first-order valence-corrected chi connectivity index (χ1v) is 4.60. The third kappa shape index (κ3) is 4.14. The third-order valence-electron chi connectivity index (χ3n) is 1.71. The van der Waals surface area contributed by atoms with Crippen LogP contribution in [-0.4, -0.2) is 16.1 Å². The van der Waals surface area contributed by atoms with E-state index in [2.05, 4.69) is 9.97 Å². The second-order valence-corrected chi connectivity index (χ2v) is 3.24. The summed E-state index contributed by atoms with van der Waals surface area (Å²) in [5.74, 6) is -0.168. The van der Waals surface area contributed by atoms with Crippen molar-refractivity contribution >= 4 is 5.82 Å². The number of aromatic nitrogens is 2. The second kappa shape index (κ2) is 4.46. The second-order valence-electron chi connectivity index (χ2n) is 3.24. The molecule has 0 radical (unpaired) electrons. The number of nitrogen functional groups attached to an aromatic ring is 1. The lowest BCUT2D eigenvalue weighted by molar-refractivity contribution is -0.128. The third-order valence-corrected chi connectivity index (χ3v) is 1.71. The quantitative estimate of drug-likeness (QED) is 0.847. The molecule has 0 fully saturated rings. The summed E-state index contributed by atoms with van der Waals surface area (Å²) in [5.41, 5.74) is 5.95. The first-order chi connectivity index (χ1) is 6.90. The summed E-state index contributed by atoms with van der Waals surface area (Å²) < 4.78 is 36.2. The number of hydrogen-bond donors (Lipinski definition) is 1. The van der Waals surface area contributed by atoms with Gasteiger partial charge < -0.3 is 5.73 Å². The molecule has 1 rings (SSSR count). The van der Waals surface area contributed by atoms with Crippen LogP contribution in [0.25, 0.3) is 0 Å². The monoisotopic (exact) mass is 219 g/mol. The Labute approximate surface area is 85.5 Å². The minimum absolute atomic E-state index is 0.0905. The zero-order chi connectivity index (χ0) is 11.5. The van der Waals surface area contributed by atoms with Crippen LogP contribution in [0.3, 0.4) is 0 Å². The molecule has 0 aliphatic rings. The summed E-state index contributed by atoms with van der Waals surface area (Å²) in [6, 6.07) is 1.50. The molecule has 0 aromatic carbocycles. The molecule has 2 N–H and O–H groups in total. The van der Waals surface area contributed by atoms with Crippen molar-refractivity contribution in [2.45, 2.75) is 32.4 Å². The SMILES string of the molecule is CCCc1cc(N)nc(CC(F)(F)F)n1. The van der Waals surface area contributed by atoms with Crippen LogP contribution in [0.5, 0.6) is 0 Å². The van der Waals surface area contributed by atoms with Gasteiger partial charge in [-0.25, -0.2) is 9.97 Å². The van der Waals surface area contributed by atoms with Gasteiger partial charge in [0.2, 0.25) is 0 Å². The van der Waals surface area contributed by atoms with Gasteiger partial charge in [-0.15, -0.1) is 0 Å². The number of hydrogen-bond acceptors (Lipinski definition) is 3. The molecule has 3 nitrogen and oxygen atoms in total. The van der Waals surface area contributed by atoms with Crippen LogP contribution in [-0.2, 0) is 12.8 Å². The Kier molecular flexibility index (Phi) is 3.49. The van der Waals surface area contributed by atoms with Crippen LogP contribution in [0, 0.1) is 0 Å². The van der Waals surface area contributed by atoms with E-state index < -0.39 is 12.6 Å². The highest BCUT2D eigenvalue weighted by Gasteiger charge is 2.29. The highest BCUT2D eigenvalue weighted by atomic mass is 19.4. The lowest BCUT2D eigenvalue weighted by atomic mass is 10.2. The van der Waals surface area contributed by atoms with E-state index in [4.69, 9.17) is 5.73 Å². The summed E-state index contributed by atoms with van der Waals surface area (Å²) in [6.45, 7) is 1.92.